The summed E-state index contributed by atoms with van der Waals surface area (Å²) in [6.45, 7) is 3.02. The molecular weight excluding hydrogens is 538 g/mol. The van der Waals surface area contributed by atoms with Crippen molar-refractivity contribution in [2.75, 3.05) is 23.0 Å². The molecule has 2 amide bonds. The second-order valence-electron chi connectivity index (χ2n) is 8.83. The summed E-state index contributed by atoms with van der Waals surface area (Å²) in [6, 6.07) is -1.04. The Morgan fingerprint density at radius 2 is 2.13 bits per heavy atom. The molecule has 2 aliphatic rings. The minimum atomic E-state index is -1.32. The van der Waals surface area contributed by atoms with Crippen LogP contribution in [-0.2, 0) is 30.6 Å². The highest BCUT2D eigenvalue weighted by atomic mass is 32.2. The molecule has 2 aliphatic heterocycles. The summed E-state index contributed by atoms with van der Waals surface area (Å²) in [5, 5.41) is 17.3. The van der Waals surface area contributed by atoms with Crippen LogP contribution < -0.4 is 27.1 Å². The normalized spacial score (nSPS) is 19.5. The SMILES string of the molecule is CC(C)(C=O)O/N=C(\C(=O)N[C@@H]1C(=O)N2C(C(=O)O)=C(C[n+]3cnc(N)c(N)c3)CSC12)c1csc(N)n1. The number of carboxylic acids is 1. The Hall–Kier alpha value is -4.25. The number of nitrogens with one attached hydrogen (secondary N) is 1. The fourth-order valence-electron chi connectivity index (χ4n) is 3.60. The highest BCUT2D eigenvalue weighted by Crippen LogP contribution is 2.40. The Labute approximate surface area is 223 Å². The van der Waals surface area contributed by atoms with Crippen LogP contribution in [0, 0.1) is 0 Å². The summed E-state index contributed by atoms with van der Waals surface area (Å²) in [5.74, 6) is -2.30. The van der Waals surface area contributed by atoms with Gasteiger partial charge in [0, 0.05) is 16.7 Å². The number of thiazole rings is 1. The number of aliphatic carboxylic acids is 1. The first kappa shape index (κ1) is 26.8. The van der Waals surface area contributed by atoms with Crippen molar-refractivity contribution in [1.82, 2.24) is 20.2 Å². The number of carbonyl (C=O) groups is 4. The Kier molecular flexibility index (Phi) is 7.23. The molecule has 8 N–H and O–H groups in total. The van der Waals surface area contributed by atoms with Crippen LogP contribution in [0.25, 0.3) is 0 Å². The number of rotatable bonds is 9. The first-order valence-corrected chi connectivity index (χ1v) is 12.9. The van der Waals surface area contributed by atoms with Gasteiger partial charge in [-0.3, -0.25) is 19.3 Å². The van der Waals surface area contributed by atoms with Crippen LogP contribution in [0.1, 0.15) is 19.5 Å². The first-order chi connectivity index (χ1) is 17.9. The zero-order chi connectivity index (χ0) is 27.8. The van der Waals surface area contributed by atoms with Gasteiger partial charge >= 0.3 is 5.97 Å². The summed E-state index contributed by atoms with van der Waals surface area (Å²) in [4.78, 5) is 63.9. The van der Waals surface area contributed by atoms with E-state index < -0.39 is 34.8 Å². The summed E-state index contributed by atoms with van der Waals surface area (Å²) in [5.41, 5.74) is 16.1. The zero-order valence-corrected chi connectivity index (χ0v) is 21.8. The lowest BCUT2D eigenvalue weighted by Crippen LogP contribution is -2.71. The molecule has 0 bridgehead atoms. The van der Waals surface area contributed by atoms with Gasteiger partial charge in [0.15, 0.2) is 22.7 Å². The smallest absolute Gasteiger partial charge is 0.352 e. The van der Waals surface area contributed by atoms with Crippen molar-refractivity contribution in [3.63, 3.8) is 0 Å². The molecule has 17 heteroatoms. The predicted molar refractivity (Wildman–Crippen MR) is 137 cm³/mol. The molecule has 1 unspecified atom stereocenters. The Bertz CT molecular complexity index is 1390. The number of amides is 2. The second-order valence-corrected chi connectivity index (χ2v) is 10.8. The number of aromatic nitrogens is 3. The molecule has 0 aromatic carbocycles. The number of carbonyl (C=O) groups excluding carboxylic acids is 3. The van der Waals surface area contributed by atoms with E-state index in [-0.39, 0.29) is 46.0 Å². The van der Waals surface area contributed by atoms with Gasteiger partial charge in [-0.2, -0.15) is 0 Å². The van der Waals surface area contributed by atoms with Crippen molar-refractivity contribution >= 4 is 69.5 Å². The molecule has 2 aromatic heterocycles. The number of carboxylic acid groups (broad SMARTS) is 1. The number of hydrogen-bond acceptors (Lipinski definition) is 13. The van der Waals surface area contributed by atoms with E-state index in [9.17, 15) is 24.3 Å². The Morgan fingerprint density at radius 3 is 2.74 bits per heavy atom. The molecule has 0 spiro atoms. The van der Waals surface area contributed by atoms with Gasteiger partial charge in [-0.05, 0) is 18.8 Å². The van der Waals surface area contributed by atoms with Crippen LogP contribution in [-0.4, -0.2) is 72.5 Å². The number of nitrogen functional groups attached to an aromatic ring is 3. The van der Waals surface area contributed by atoms with E-state index in [4.69, 9.17) is 22.0 Å². The topological polar surface area (TPSA) is 233 Å². The van der Waals surface area contributed by atoms with Gasteiger partial charge in [0.2, 0.25) is 0 Å². The minimum absolute atomic E-state index is 0.0911. The third kappa shape index (κ3) is 5.23. The molecule has 0 radical (unpaired) electrons. The monoisotopic (exact) mass is 562 g/mol. The number of β-lactam (4-membered cyclic amide) rings is 1. The van der Waals surface area contributed by atoms with Crippen molar-refractivity contribution in [3.8, 4) is 0 Å². The van der Waals surface area contributed by atoms with Gasteiger partial charge in [0.05, 0.1) is 0 Å². The van der Waals surface area contributed by atoms with Crippen LogP contribution in [0.4, 0.5) is 16.6 Å². The van der Waals surface area contributed by atoms with Gasteiger partial charge in [0.1, 0.15) is 41.2 Å². The fourth-order valence-corrected chi connectivity index (χ4v) is 5.48. The predicted octanol–water partition coefficient (Wildman–Crippen LogP) is -1.29. The van der Waals surface area contributed by atoms with E-state index in [1.807, 2.05) is 0 Å². The Morgan fingerprint density at radius 1 is 1.39 bits per heavy atom. The third-order valence-electron chi connectivity index (χ3n) is 5.49. The maximum Gasteiger partial charge on any atom is 0.352 e. The first-order valence-electron chi connectivity index (χ1n) is 11.0. The molecule has 1 saturated heterocycles. The highest BCUT2D eigenvalue weighted by molar-refractivity contribution is 8.00. The number of aldehydes is 1. The van der Waals surface area contributed by atoms with E-state index in [0.29, 0.717) is 11.9 Å². The maximum atomic E-state index is 13.1. The Balaban J connectivity index is 1.55. The van der Waals surface area contributed by atoms with E-state index in [1.165, 1.54) is 43.5 Å². The van der Waals surface area contributed by atoms with Crippen molar-refractivity contribution in [2.45, 2.75) is 37.4 Å². The van der Waals surface area contributed by atoms with Crippen LogP contribution >= 0.6 is 23.1 Å². The lowest BCUT2D eigenvalue weighted by atomic mass is 10.0. The number of anilines is 3. The number of oxime groups is 1. The summed E-state index contributed by atoms with van der Waals surface area (Å²) < 4.78 is 1.57. The van der Waals surface area contributed by atoms with Crippen LogP contribution in [0.15, 0.2) is 34.3 Å². The van der Waals surface area contributed by atoms with Crippen molar-refractivity contribution in [1.29, 1.82) is 0 Å². The number of nitrogens with two attached hydrogens (primary N) is 3. The maximum absolute atomic E-state index is 13.1. The van der Waals surface area contributed by atoms with Gasteiger partial charge in [-0.1, -0.05) is 5.16 Å². The fraction of sp³-hybridized carbons (Fsp3) is 0.333. The molecule has 0 saturated carbocycles. The standard InChI is InChI=1S/C21H23N9O6S2/c1-21(2,7-31)36-28-12(11-6-38-20(24)26-11)16(32)27-13-17(33)30-14(19(34)35)9(5-37-18(13)30)3-29-4-10(22)15(23)25-8-29/h4,6-8,13,18,23H,3,5,22H2,1-2H3,(H4,24,26,27,32,34,35)/p+1/b28-12-/t13-,18?/m1/s1. The van der Waals surface area contributed by atoms with E-state index in [1.54, 1.807) is 4.57 Å². The van der Waals surface area contributed by atoms with Gasteiger partial charge < -0.3 is 32.5 Å². The average molecular weight is 563 g/mol. The van der Waals surface area contributed by atoms with Gasteiger partial charge in [-0.15, -0.1) is 23.1 Å². The van der Waals surface area contributed by atoms with Crippen molar-refractivity contribution in [3.05, 3.63) is 34.9 Å². The lowest BCUT2D eigenvalue weighted by Gasteiger charge is -2.49. The van der Waals surface area contributed by atoms with Crippen molar-refractivity contribution < 1.29 is 33.7 Å². The molecule has 2 atom stereocenters. The molecule has 4 rings (SSSR count). The van der Waals surface area contributed by atoms with Gasteiger partial charge in [0.25, 0.3) is 24.0 Å². The number of thioether (sulfide) groups is 1. The number of fused-ring (bicyclic) bond motifs is 1. The summed E-state index contributed by atoms with van der Waals surface area (Å²) in [7, 11) is 0. The molecule has 0 aliphatic carbocycles. The second kappa shape index (κ2) is 10.3. The molecular formula is C21H24N9O6S2+. The third-order valence-corrected chi connectivity index (χ3v) is 7.50. The molecule has 2 aromatic rings. The van der Waals surface area contributed by atoms with Crippen molar-refractivity contribution in [2.24, 2.45) is 5.16 Å². The highest BCUT2D eigenvalue weighted by Gasteiger charge is 2.54. The van der Waals surface area contributed by atoms with E-state index in [2.05, 4.69) is 20.4 Å². The minimum Gasteiger partial charge on any atom is -0.477 e. The molecule has 200 valence electrons. The quantitative estimate of drug-likeness (QED) is 0.0789. The van der Waals surface area contributed by atoms with E-state index in [0.717, 1.165) is 16.2 Å². The van der Waals surface area contributed by atoms with Crippen LogP contribution in [0.5, 0.6) is 0 Å². The molecule has 38 heavy (non-hydrogen) atoms. The van der Waals surface area contributed by atoms with Crippen LogP contribution in [0.2, 0.25) is 0 Å². The summed E-state index contributed by atoms with van der Waals surface area (Å²) in [6.07, 6.45) is 3.44. The largest absolute Gasteiger partial charge is 0.477 e. The van der Waals surface area contributed by atoms with E-state index >= 15 is 0 Å². The average Bonchev–Trinajstić information content (AvgIpc) is 3.30. The zero-order valence-electron chi connectivity index (χ0n) is 20.2. The molecule has 1 fully saturated rings. The summed E-state index contributed by atoms with van der Waals surface area (Å²) >= 11 is 2.35. The number of nitrogens with zero attached hydrogens (tertiary/aromatic N) is 5. The molecule has 4 heterocycles. The van der Waals surface area contributed by atoms with Gasteiger partial charge in [-0.25, -0.2) is 14.3 Å². The number of hydrogen-bond donors (Lipinski definition) is 5. The lowest BCUT2D eigenvalue weighted by molar-refractivity contribution is -0.691. The van der Waals surface area contributed by atoms with Crippen LogP contribution in [0.3, 0.4) is 0 Å². The molecule has 15 nitrogen and oxygen atoms in total.